The van der Waals surface area contributed by atoms with Gasteiger partial charge >= 0.3 is 5.97 Å². The molecule has 1 heterocycles. The van der Waals surface area contributed by atoms with Crippen LogP contribution in [0.4, 0.5) is 0 Å². The van der Waals surface area contributed by atoms with E-state index in [0.717, 1.165) is 12.8 Å². The number of carbonyl (C=O) groups is 2. The van der Waals surface area contributed by atoms with Crippen molar-refractivity contribution in [3.63, 3.8) is 0 Å². The fourth-order valence-corrected chi connectivity index (χ4v) is 3.79. The molecule has 0 aliphatic heterocycles. The van der Waals surface area contributed by atoms with Gasteiger partial charge < -0.3 is 10.4 Å². The van der Waals surface area contributed by atoms with Gasteiger partial charge in [-0.05, 0) is 42.7 Å². The lowest BCUT2D eigenvalue weighted by Gasteiger charge is -2.27. The molecule has 2 rings (SSSR count). The average Bonchev–Trinajstić information content (AvgIpc) is 2.65. The molecule has 1 aromatic rings. The van der Waals surface area contributed by atoms with Gasteiger partial charge in [0, 0.05) is 4.88 Å². The summed E-state index contributed by atoms with van der Waals surface area (Å²) >= 11 is 1.52. The van der Waals surface area contributed by atoms with E-state index in [1.54, 1.807) is 0 Å². The minimum absolute atomic E-state index is 0.268. The van der Waals surface area contributed by atoms with E-state index in [-0.39, 0.29) is 5.91 Å². The van der Waals surface area contributed by atoms with Gasteiger partial charge in [-0.1, -0.05) is 27.2 Å². The number of rotatable bonds is 3. The van der Waals surface area contributed by atoms with Crippen molar-refractivity contribution in [1.82, 2.24) is 5.32 Å². The Kier molecular flexibility index (Phi) is 4.71. The van der Waals surface area contributed by atoms with Gasteiger partial charge in [0.15, 0.2) is 0 Å². The minimum Gasteiger partial charge on any atom is -0.480 e. The van der Waals surface area contributed by atoms with Crippen LogP contribution in [-0.4, -0.2) is 23.0 Å². The molecule has 21 heavy (non-hydrogen) atoms. The molecular weight excluding hydrogens is 286 g/mol. The van der Waals surface area contributed by atoms with Gasteiger partial charge in [0.2, 0.25) is 0 Å². The fourth-order valence-electron chi connectivity index (χ4n) is 2.63. The number of thiophene rings is 1. The summed E-state index contributed by atoms with van der Waals surface area (Å²) in [5, 5.41) is 12.0. The van der Waals surface area contributed by atoms with Crippen molar-refractivity contribution in [2.45, 2.75) is 58.9 Å². The molecule has 1 atom stereocenters. The second kappa shape index (κ2) is 6.18. The van der Waals surface area contributed by atoms with Crippen molar-refractivity contribution < 1.29 is 14.7 Å². The molecule has 0 spiro atoms. The van der Waals surface area contributed by atoms with Crippen LogP contribution in [0.15, 0.2) is 6.07 Å². The highest BCUT2D eigenvalue weighted by atomic mass is 32.1. The Morgan fingerprint density at radius 1 is 1.24 bits per heavy atom. The van der Waals surface area contributed by atoms with Crippen LogP contribution in [0.1, 0.15) is 60.1 Å². The fraction of sp³-hybridized carbons (Fsp3) is 0.625. The Labute approximate surface area is 129 Å². The van der Waals surface area contributed by atoms with Gasteiger partial charge in [-0.15, -0.1) is 11.3 Å². The number of carboxylic acids is 1. The van der Waals surface area contributed by atoms with E-state index in [1.165, 1.54) is 41.0 Å². The molecule has 0 aromatic carbocycles. The second-order valence-corrected chi connectivity index (χ2v) is 7.87. The summed E-state index contributed by atoms with van der Waals surface area (Å²) in [4.78, 5) is 25.6. The molecule has 1 aliphatic carbocycles. The highest BCUT2D eigenvalue weighted by Crippen LogP contribution is 2.29. The molecule has 0 saturated carbocycles. The van der Waals surface area contributed by atoms with Crippen molar-refractivity contribution in [2.75, 3.05) is 0 Å². The molecule has 1 aromatic heterocycles. The summed E-state index contributed by atoms with van der Waals surface area (Å²) in [6.07, 6.45) is 5.66. The van der Waals surface area contributed by atoms with E-state index >= 15 is 0 Å². The number of carboxylic acid groups (broad SMARTS) is 1. The van der Waals surface area contributed by atoms with Gasteiger partial charge in [-0.25, -0.2) is 4.79 Å². The lowest BCUT2D eigenvalue weighted by atomic mass is 9.87. The standard InChI is InChI=1S/C16H23NO3S/c1-16(2,3)13(15(19)20)17-14(18)12-9-10-7-5-4-6-8-11(10)21-12/h9,13H,4-8H2,1-3H3,(H,17,18)(H,19,20)/t13-/m1/s1. The van der Waals surface area contributed by atoms with E-state index in [9.17, 15) is 14.7 Å². The monoisotopic (exact) mass is 309 g/mol. The zero-order valence-electron chi connectivity index (χ0n) is 12.9. The maximum Gasteiger partial charge on any atom is 0.326 e. The van der Waals surface area contributed by atoms with Gasteiger partial charge in [-0.2, -0.15) is 0 Å². The van der Waals surface area contributed by atoms with Crippen LogP contribution in [0.25, 0.3) is 0 Å². The van der Waals surface area contributed by atoms with E-state index in [1.807, 2.05) is 26.8 Å². The lowest BCUT2D eigenvalue weighted by molar-refractivity contribution is -0.142. The van der Waals surface area contributed by atoms with Crippen LogP contribution in [0.3, 0.4) is 0 Å². The smallest absolute Gasteiger partial charge is 0.326 e. The van der Waals surface area contributed by atoms with Gasteiger partial charge in [-0.3, -0.25) is 4.79 Å². The first-order valence-corrected chi connectivity index (χ1v) is 8.26. The number of amides is 1. The number of aliphatic carboxylic acids is 1. The van der Waals surface area contributed by atoms with Crippen molar-refractivity contribution in [3.05, 3.63) is 21.4 Å². The summed E-state index contributed by atoms with van der Waals surface area (Å²) in [5.41, 5.74) is 0.751. The van der Waals surface area contributed by atoms with Gasteiger partial charge in [0.1, 0.15) is 6.04 Å². The minimum atomic E-state index is -0.992. The van der Waals surface area contributed by atoms with E-state index in [4.69, 9.17) is 0 Å². The zero-order chi connectivity index (χ0) is 15.6. The maximum atomic E-state index is 12.3. The number of fused-ring (bicyclic) bond motifs is 1. The summed E-state index contributed by atoms with van der Waals surface area (Å²) in [7, 11) is 0. The summed E-state index contributed by atoms with van der Waals surface area (Å²) in [6.45, 7) is 5.45. The van der Waals surface area contributed by atoms with E-state index in [2.05, 4.69) is 5.32 Å². The molecule has 1 amide bonds. The third-order valence-electron chi connectivity index (χ3n) is 3.86. The Morgan fingerprint density at radius 2 is 1.90 bits per heavy atom. The maximum absolute atomic E-state index is 12.3. The predicted molar refractivity (Wildman–Crippen MR) is 83.9 cm³/mol. The molecule has 0 radical (unpaired) electrons. The first kappa shape index (κ1) is 16.0. The van der Waals surface area contributed by atoms with Crippen molar-refractivity contribution in [2.24, 2.45) is 5.41 Å². The Balaban J connectivity index is 2.15. The Bertz CT molecular complexity index is 519. The van der Waals surface area contributed by atoms with Crippen LogP contribution >= 0.6 is 11.3 Å². The van der Waals surface area contributed by atoms with Gasteiger partial charge in [0.05, 0.1) is 4.88 Å². The number of nitrogens with one attached hydrogen (secondary N) is 1. The SMILES string of the molecule is CC(C)(C)[C@H](NC(=O)c1cc2c(s1)CCCCC2)C(=O)O. The van der Waals surface area contributed by atoms with Crippen LogP contribution in [0.2, 0.25) is 0 Å². The molecular formula is C16H23NO3S. The first-order chi connectivity index (χ1) is 9.79. The molecule has 2 N–H and O–H groups in total. The van der Waals surface area contributed by atoms with Crippen LogP contribution < -0.4 is 5.32 Å². The average molecular weight is 309 g/mol. The third kappa shape index (κ3) is 3.84. The van der Waals surface area contributed by atoms with E-state index in [0.29, 0.717) is 4.88 Å². The highest BCUT2D eigenvalue weighted by Gasteiger charge is 2.33. The third-order valence-corrected chi connectivity index (χ3v) is 5.09. The lowest BCUT2D eigenvalue weighted by Crippen LogP contribution is -2.48. The van der Waals surface area contributed by atoms with Crippen molar-refractivity contribution >= 4 is 23.2 Å². The quantitative estimate of drug-likeness (QED) is 0.842. The molecule has 0 bridgehead atoms. The Morgan fingerprint density at radius 3 is 2.52 bits per heavy atom. The predicted octanol–water partition coefficient (Wildman–Crippen LogP) is 3.25. The number of hydrogen-bond acceptors (Lipinski definition) is 3. The van der Waals surface area contributed by atoms with Crippen molar-refractivity contribution in [1.29, 1.82) is 0 Å². The molecule has 0 saturated heterocycles. The molecule has 1 aliphatic rings. The zero-order valence-corrected chi connectivity index (χ0v) is 13.7. The largest absolute Gasteiger partial charge is 0.480 e. The molecule has 4 nitrogen and oxygen atoms in total. The highest BCUT2D eigenvalue weighted by molar-refractivity contribution is 7.14. The van der Waals surface area contributed by atoms with Crippen LogP contribution in [0.5, 0.6) is 0 Å². The number of aryl methyl sites for hydroxylation is 2. The molecule has 0 fully saturated rings. The molecule has 5 heteroatoms. The van der Waals surface area contributed by atoms with Crippen LogP contribution in [-0.2, 0) is 17.6 Å². The topological polar surface area (TPSA) is 66.4 Å². The Hall–Kier alpha value is -1.36. The normalized spacial score (nSPS) is 16.7. The second-order valence-electron chi connectivity index (χ2n) is 6.73. The first-order valence-electron chi connectivity index (χ1n) is 7.44. The molecule has 0 unspecified atom stereocenters. The van der Waals surface area contributed by atoms with Crippen LogP contribution in [0, 0.1) is 5.41 Å². The van der Waals surface area contributed by atoms with Crippen molar-refractivity contribution in [3.8, 4) is 0 Å². The number of hydrogen-bond donors (Lipinski definition) is 2. The summed E-state index contributed by atoms with van der Waals surface area (Å²) in [5.74, 6) is -1.26. The van der Waals surface area contributed by atoms with Gasteiger partial charge in [0.25, 0.3) is 5.91 Å². The number of carbonyl (C=O) groups excluding carboxylic acids is 1. The van der Waals surface area contributed by atoms with E-state index < -0.39 is 17.4 Å². The summed E-state index contributed by atoms with van der Waals surface area (Å²) < 4.78 is 0. The summed E-state index contributed by atoms with van der Waals surface area (Å²) in [6, 6.07) is 1.06. The molecule has 116 valence electrons.